The van der Waals surface area contributed by atoms with Crippen molar-refractivity contribution in [2.45, 2.75) is 0 Å². The Morgan fingerprint density at radius 2 is 1.72 bits per heavy atom. The maximum atomic E-state index is 13.8. The van der Waals surface area contributed by atoms with Crippen molar-refractivity contribution in [2.75, 3.05) is 0 Å². The average Bonchev–Trinajstić information content (AvgIpc) is 2.74. The molecule has 0 atom stereocenters. The first-order valence-electron chi connectivity index (χ1n) is 5.25. The zero-order chi connectivity index (χ0) is 12.7. The highest BCUT2D eigenvalue weighted by Gasteiger charge is 2.14. The SMILES string of the molecule is Fc1cccc(Cl)c1-c1nc2c(Cl)cccc2[nH]1. The predicted molar refractivity (Wildman–Crippen MR) is 71.5 cm³/mol. The van der Waals surface area contributed by atoms with Gasteiger partial charge in [-0.3, -0.25) is 0 Å². The summed E-state index contributed by atoms with van der Waals surface area (Å²) in [6, 6.07) is 9.88. The van der Waals surface area contributed by atoms with Crippen LogP contribution in [0.4, 0.5) is 4.39 Å². The van der Waals surface area contributed by atoms with E-state index in [2.05, 4.69) is 9.97 Å². The van der Waals surface area contributed by atoms with E-state index in [1.165, 1.54) is 6.07 Å². The Hall–Kier alpha value is -1.58. The molecule has 1 N–H and O–H groups in total. The summed E-state index contributed by atoms with van der Waals surface area (Å²) in [6.07, 6.45) is 0. The number of halogens is 3. The predicted octanol–water partition coefficient (Wildman–Crippen LogP) is 4.68. The molecule has 0 unspecified atom stereocenters. The van der Waals surface area contributed by atoms with Crippen LogP contribution in [0.5, 0.6) is 0 Å². The van der Waals surface area contributed by atoms with Gasteiger partial charge >= 0.3 is 0 Å². The van der Waals surface area contributed by atoms with Crippen molar-refractivity contribution >= 4 is 34.2 Å². The average molecular weight is 281 g/mol. The van der Waals surface area contributed by atoms with Gasteiger partial charge < -0.3 is 4.98 Å². The Labute approximate surface area is 112 Å². The second-order valence-electron chi connectivity index (χ2n) is 3.82. The van der Waals surface area contributed by atoms with Gasteiger partial charge in [-0.2, -0.15) is 0 Å². The molecule has 0 aliphatic rings. The molecule has 0 saturated carbocycles. The summed E-state index contributed by atoms with van der Waals surface area (Å²) in [5.74, 6) is -0.0427. The van der Waals surface area contributed by atoms with Gasteiger partial charge in [-0.15, -0.1) is 0 Å². The van der Waals surface area contributed by atoms with Crippen LogP contribution in [0, 0.1) is 5.82 Å². The van der Waals surface area contributed by atoms with Crippen LogP contribution in [0.1, 0.15) is 0 Å². The molecule has 90 valence electrons. The van der Waals surface area contributed by atoms with Crippen molar-refractivity contribution < 1.29 is 4.39 Å². The van der Waals surface area contributed by atoms with Crippen molar-refractivity contribution in [2.24, 2.45) is 0 Å². The Morgan fingerprint density at radius 3 is 2.44 bits per heavy atom. The lowest BCUT2D eigenvalue weighted by molar-refractivity contribution is 0.630. The monoisotopic (exact) mass is 280 g/mol. The summed E-state index contributed by atoms with van der Waals surface area (Å²) in [5, 5.41) is 0.827. The molecule has 18 heavy (non-hydrogen) atoms. The van der Waals surface area contributed by atoms with Gasteiger partial charge in [-0.1, -0.05) is 35.3 Å². The first-order chi connectivity index (χ1) is 8.66. The lowest BCUT2D eigenvalue weighted by Gasteiger charge is -2.01. The second-order valence-corrected chi connectivity index (χ2v) is 4.63. The van der Waals surface area contributed by atoms with E-state index in [0.717, 1.165) is 5.52 Å². The van der Waals surface area contributed by atoms with E-state index in [-0.39, 0.29) is 5.56 Å². The first kappa shape index (κ1) is 11.5. The maximum Gasteiger partial charge on any atom is 0.143 e. The highest BCUT2D eigenvalue weighted by atomic mass is 35.5. The normalized spacial score (nSPS) is 11.1. The molecule has 0 fully saturated rings. The third kappa shape index (κ3) is 1.76. The lowest BCUT2D eigenvalue weighted by Crippen LogP contribution is -1.87. The lowest BCUT2D eigenvalue weighted by atomic mass is 10.2. The fourth-order valence-corrected chi connectivity index (χ4v) is 2.31. The molecule has 0 aliphatic carbocycles. The van der Waals surface area contributed by atoms with Gasteiger partial charge in [-0.25, -0.2) is 9.37 Å². The third-order valence-electron chi connectivity index (χ3n) is 2.66. The number of benzene rings is 2. The van der Waals surface area contributed by atoms with Crippen molar-refractivity contribution in [1.82, 2.24) is 9.97 Å². The third-order valence-corrected chi connectivity index (χ3v) is 3.28. The number of rotatable bonds is 1. The zero-order valence-corrected chi connectivity index (χ0v) is 10.6. The minimum atomic E-state index is -0.419. The fraction of sp³-hybridized carbons (Fsp3) is 0. The molecule has 0 radical (unpaired) electrons. The maximum absolute atomic E-state index is 13.8. The molecule has 5 heteroatoms. The molecule has 3 rings (SSSR count). The summed E-state index contributed by atoms with van der Waals surface area (Å²) in [4.78, 5) is 7.31. The van der Waals surface area contributed by atoms with Crippen LogP contribution in [-0.2, 0) is 0 Å². The van der Waals surface area contributed by atoms with Gasteiger partial charge in [-0.05, 0) is 24.3 Å². The van der Waals surface area contributed by atoms with E-state index in [4.69, 9.17) is 23.2 Å². The molecule has 0 bridgehead atoms. The topological polar surface area (TPSA) is 28.7 Å². The second kappa shape index (κ2) is 4.26. The van der Waals surface area contributed by atoms with Crippen molar-refractivity contribution in [3.8, 4) is 11.4 Å². The molecule has 0 saturated heterocycles. The number of fused-ring (bicyclic) bond motifs is 1. The number of para-hydroxylation sites is 1. The summed E-state index contributed by atoms with van der Waals surface area (Å²) < 4.78 is 13.8. The smallest absolute Gasteiger partial charge is 0.143 e. The highest BCUT2D eigenvalue weighted by molar-refractivity contribution is 6.35. The van der Waals surface area contributed by atoms with Gasteiger partial charge in [0, 0.05) is 0 Å². The molecule has 2 aromatic carbocycles. The number of aromatic amines is 1. The molecule has 2 nitrogen and oxygen atoms in total. The Balaban J connectivity index is 2.30. The molecule has 0 aliphatic heterocycles. The number of nitrogens with zero attached hydrogens (tertiary/aromatic N) is 1. The van der Waals surface area contributed by atoms with Crippen molar-refractivity contribution in [1.29, 1.82) is 0 Å². The Morgan fingerprint density at radius 1 is 1.00 bits per heavy atom. The number of aromatic nitrogens is 2. The summed E-state index contributed by atoms with van der Waals surface area (Å²) in [5.41, 5.74) is 1.61. The van der Waals surface area contributed by atoms with Gasteiger partial charge in [0.1, 0.15) is 17.2 Å². The van der Waals surface area contributed by atoms with Crippen molar-refractivity contribution in [3.63, 3.8) is 0 Å². The number of hydrogen-bond donors (Lipinski definition) is 1. The van der Waals surface area contributed by atoms with Crippen LogP contribution in [0.25, 0.3) is 22.4 Å². The summed E-state index contributed by atoms with van der Waals surface area (Å²) in [6.45, 7) is 0. The van der Waals surface area contributed by atoms with Gasteiger partial charge in [0.15, 0.2) is 0 Å². The van der Waals surface area contributed by atoms with Gasteiger partial charge in [0.05, 0.1) is 21.1 Å². The fourth-order valence-electron chi connectivity index (χ4n) is 1.84. The molecule has 1 aromatic heterocycles. The van der Waals surface area contributed by atoms with Crippen LogP contribution in [0.3, 0.4) is 0 Å². The Bertz CT molecular complexity index is 717. The van der Waals surface area contributed by atoms with Crippen LogP contribution in [-0.4, -0.2) is 9.97 Å². The van der Waals surface area contributed by atoms with E-state index in [0.29, 0.717) is 21.4 Å². The van der Waals surface area contributed by atoms with E-state index < -0.39 is 5.82 Å². The van der Waals surface area contributed by atoms with Crippen LogP contribution in [0.2, 0.25) is 10.0 Å². The molecule has 3 aromatic rings. The van der Waals surface area contributed by atoms with Crippen molar-refractivity contribution in [3.05, 3.63) is 52.3 Å². The van der Waals surface area contributed by atoms with Crippen LogP contribution in [0.15, 0.2) is 36.4 Å². The van der Waals surface area contributed by atoms with E-state index in [1.54, 1.807) is 24.3 Å². The van der Waals surface area contributed by atoms with E-state index in [9.17, 15) is 4.39 Å². The minimum Gasteiger partial charge on any atom is -0.338 e. The quantitative estimate of drug-likeness (QED) is 0.689. The largest absolute Gasteiger partial charge is 0.338 e. The van der Waals surface area contributed by atoms with Crippen LogP contribution >= 0.6 is 23.2 Å². The molecular weight excluding hydrogens is 274 g/mol. The minimum absolute atomic E-state index is 0.256. The Kier molecular flexibility index (Phi) is 2.73. The van der Waals surface area contributed by atoms with Gasteiger partial charge in [0.2, 0.25) is 0 Å². The van der Waals surface area contributed by atoms with E-state index >= 15 is 0 Å². The summed E-state index contributed by atoms with van der Waals surface area (Å²) in [7, 11) is 0. The highest BCUT2D eigenvalue weighted by Crippen LogP contribution is 2.31. The van der Waals surface area contributed by atoms with Crippen LogP contribution < -0.4 is 0 Å². The molecule has 0 amide bonds. The molecule has 1 heterocycles. The molecular formula is C13H7Cl2FN2. The van der Waals surface area contributed by atoms with E-state index in [1.807, 2.05) is 6.07 Å². The molecule has 0 spiro atoms. The summed E-state index contributed by atoms with van der Waals surface area (Å²) >= 11 is 12.0. The standard InChI is InChI=1S/C13H7Cl2FN2/c14-7-3-1-5-9(16)11(7)13-17-10-6-2-4-8(15)12(10)18-13/h1-6H,(H,17,18). The number of hydrogen-bond acceptors (Lipinski definition) is 1. The first-order valence-corrected chi connectivity index (χ1v) is 6.01. The number of nitrogens with one attached hydrogen (secondary N) is 1. The number of H-pyrrole nitrogens is 1. The number of imidazole rings is 1. The zero-order valence-electron chi connectivity index (χ0n) is 9.05. The van der Waals surface area contributed by atoms with Gasteiger partial charge in [0.25, 0.3) is 0 Å².